The number of aliphatic hydroxyl groups is 1. The summed E-state index contributed by atoms with van der Waals surface area (Å²) in [7, 11) is 1.81. The Kier molecular flexibility index (Phi) is 5.44. The van der Waals surface area contributed by atoms with Crippen LogP contribution in [0, 0.1) is 11.3 Å². The number of carbonyl (C=O) groups is 1. The number of likely N-dealkylation sites (N-methyl/N-ethyl adjacent to an activating group) is 1. The minimum absolute atomic E-state index is 0.0520. The standard InChI is InChI=1S/C14H27NO2/c1-4-14(13(17)15(3)10-11-16)9-7-5-6-8-12(14)2/h12,16H,4-11H2,1-3H3. The molecule has 1 rings (SSSR count). The molecule has 1 aliphatic carbocycles. The minimum Gasteiger partial charge on any atom is -0.395 e. The molecule has 0 heterocycles. The van der Waals surface area contributed by atoms with Gasteiger partial charge in [-0.1, -0.05) is 33.1 Å². The van der Waals surface area contributed by atoms with Crippen LogP contribution in [0.2, 0.25) is 0 Å². The molecule has 0 aliphatic heterocycles. The van der Waals surface area contributed by atoms with Crippen molar-refractivity contribution in [2.24, 2.45) is 11.3 Å². The van der Waals surface area contributed by atoms with Gasteiger partial charge in [0.2, 0.25) is 5.91 Å². The summed E-state index contributed by atoms with van der Waals surface area (Å²) < 4.78 is 0. The highest BCUT2D eigenvalue weighted by Crippen LogP contribution is 2.43. The van der Waals surface area contributed by atoms with Crippen LogP contribution in [0.5, 0.6) is 0 Å². The van der Waals surface area contributed by atoms with Crippen LogP contribution in [0.4, 0.5) is 0 Å². The molecule has 3 heteroatoms. The quantitative estimate of drug-likeness (QED) is 0.768. The molecular weight excluding hydrogens is 214 g/mol. The largest absolute Gasteiger partial charge is 0.395 e. The number of hydrogen-bond acceptors (Lipinski definition) is 2. The highest BCUT2D eigenvalue weighted by Gasteiger charge is 2.43. The first kappa shape index (κ1) is 14.5. The summed E-state index contributed by atoms with van der Waals surface area (Å²) in [5.74, 6) is 0.701. The van der Waals surface area contributed by atoms with Gasteiger partial charge < -0.3 is 10.0 Å². The van der Waals surface area contributed by atoms with Gasteiger partial charge in [-0.15, -0.1) is 0 Å². The van der Waals surface area contributed by atoms with Gasteiger partial charge in [0.25, 0.3) is 0 Å². The topological polar surface area (TPSA) is 40.5 Å². The Bertz CT molecular complexity index is 255. The average Bonchev–Trinajstić information content (AvgIpc) is 2.51. The van der Waals surface area contributed by atoms with Gasteiger partial charge in [-0.05, 0) is 25.2 Å². The first-order valence-corrected chi connectivity index (χ1v) is 6.95. The lowest BCUT2D eigenvalue weighted by Crippen LogP contribution is -2.46. The van der Waals surface area contributed by atoms with E-state index in [9.17, 15) is 4.79 Å². The molecule has 1 saturated carbocycles. The van der Waals surface area contributed by atoms with Crippen molar-refractivity contribution >= 4 is 5.91 Å². The van der Waals surface area contributed by atoms with Crippen LogP contribution in [0.15, 0.2) is 0 Å². The van der Waals surface area contributed by atoms with E-state index in [1.807, 2.05) is 7.05 Å². The highest BCUT2D eigenvalue weighted by molar-refractivity contribution is 5.82. The van der Waals surface area contributed by atoms with Crippen molar-refractivity contribution in [3.8, 4) is 0 Å². The zero-order valence-corrected chi connectivity index (χ0v) is 11.5. The number of hydrogen-bond donors (Lipinski definition) is 1. The third kappa shape index (κ3) is 3.01. The molecule has 0 spiro atoms. The lowest BCUT2D eigenvalue weighted by Gasteiger charge is -2.39. The van der Waals surface area contributed by atoms with Crippen LogP contribution < -0.4 is 0 Å². The second-order valence-corrected chi connectivity index (χ2v) is 5.46. The van der Waals surface area contributed by atoms with Crippen molar-refractivity contribution in [2.75, 3.05) is 20.2 Å². The summed E-state index contributed by atoms with van der Waals surface area (Å²) in [6.45, 7) is 4.86. The first-order valence-electron chi connectivity index (χ1n) is 6.95. The highest BCUT2D eigenvalue weighted by atomic mass is 16.3. The zero-order chi connectivity index (χ0) is 12.9. The predicted molar refractivity (Wildman–Crippen MR) is 69.7 cm³/mol. The number of amides is 1. The van der Waals surface area contributed by atoms with E-state index in [1.165, 1.54) is 12.8 Å². The molecule has 3 nitrogen and oxygen atoms in total. The maximum absolute atomic E-state index is 12.6. The fourth-order valence-electron chi connectivity index (χ4n) is 3.22. The summed E-state index contributed by atoms with van der Waals surface area (Å²) in [6, 6.07) is 0. The Morgan fingerprint density at radius 2 is 2.12 bits per heavy atom. The van der Waals surface area contributed by atoms with Gasteiger partial charge in [-0.2, -0.15) is 0 Å². The summed E-state index contributed by atoms with van der Waals surface area (Å²) in [5, 5.41) is 8.97. The van der Waals surface area contributed by atoms with E-state index < -0.39 is 0 Å². The third-order valence-electron chi connectivity index (χ3n) is 4.54. The molecule has 0 aromatic carbocycles. The van der Waals surface area contributed by atoms with E-state index in [4.69, 9.17) is 5.11 Å². The molecular formula is C14H27NO2. The minimum atomic E-state index is -0.180. The van der Waals surface area contributed by atoms with Gasteiger partial charge in [0.1, 0.15) is 0 Å². The van der Waals surface area contributed by atoms with Crippen LogP contribution >= 0.6 is 0 Å². The Labute approximate surface area is 105 Å². The number of carbonyl (C=O) groups excluding carboxylic acids is 1. The van der Waals surface area contributed by atoms with E-state index in [2.05, 4.69) is 13.8 Å². The van der Waals surface area contributed by atoms with E-state index in [1.54, 1.807) is 4.90 Å². The molecule has 0 aromatic rings. The van der Waals surface area contributed by atoms with Crippen molar-refractivity contribution in [1.82, 2.24) is 4.90 Å². The second-order valence-electron chi connectivity index (χ2n) is 5.46. The summed E-state index contributed by atoms with van der Waals surface area (Å²) in [4.78, 5) is 14.3. The summed E-state index contributed by atoms with van der Waals surface area (Å²) in [5.41, 5.74) is -0.180. The third-order valence-corrected chi connectivity index (χ3v) is 4.54. The van der Waals surface area contributed by atoms with Gasteiger partial charge in [-0.25, -0.2) is 0 Å². The van der Waals surface area contributed by atoms with Crippen LogP contribution in [0.1, 0.15) is 52.4 Å². The molecule has 0 bridgehead atoms. The molecule has 2 unspecified atom stereocenters. The Morgan fingerprint density at radius 1 is 1.41 bits per heavy atom. The Morgan fingerprint density at radius 3 is 2.71 bits per heavy atom. The molecule has 0 saturated heterocycles. The SMILES string of the molecule is CCC1(C(=O)N(C)CCO)CCCCCC1C. The number of rotatable bonds is 4. The van der Waals surface area contributed by atoms with Crippen molar-refractivity contribution in [1.29, 1.82) is 0 Å². The lowest BCUT2D eigenvalue weighted by molar-refractivity contribution is -0.145. The predicted octanol–water partition coefficient (Wildman–Crippen LogP) is 2.43. The maximum Gasteiger partial charge on any atom is 0.228 e. The van der Waals surface area contributed by atoms with Gasteiger partial charge in [0.15, 0.2) is 0 Å². The molecule has 100 valence electrons. The van der Waals surface area contributed by atoms with Crippen LogP contribution in [-0.2, 0) is 4.79 Å². The van der Waals surface area contributed by atoms with Gasteiger partial charge >= 0.3 is 0 Å². The first-order chi connectivity index (χ1) is 8.08. The van der Waals surface area contributed by atoms with Crippen molar-refractivity contribution in [3.05, 3.63) is 0 Å². The maximum atomic E-state index is 12.6. The number of aliphatic hydroxyl groups excluding tert-OH is 1. The van der Waals surface area contributed by atoms with E-state index in [0.29, 0.717) is 12.5 Å². The summed E-state index contributed by atoms with van der Waals surface area (Å²) in [6.07, 6.45) is 6.76. The molecule has 17 heavy (non-hydrogen) atoms. The van der Waals surface area contributed by atoms with Crippen LogP contribution in [0.25, 0.3) is 0 Å². The molecule has 1 N–H and O–H groups in total. The van der Waals surface area contributed by atoms with Gasteiger partial charge in [-0.3, -0.25) is 4.79 Å². The van der Waals surface area contributed by atoms with Gasteiger partial charge in [0, 0.05) is 13.6 Å². The van der Waals surface area contributed by atoms with Crippen LogP contribution in [-0.4, -0.2) is 36.1 Å². The monoisotopic (exact) mass is 241 g/mol. The van der Waals surface area contributed by atoms with Gasteiger partial charge in [0.05, 0.1) is 12.0 Å². The molecule has 1 fully saturated rings. The number of nitrogens with zero attached hydrogens (tertiary/aromatic N) is 1. The average molecular weight is 241 g/mol. The van der Waals surface area contributed by atoms with E-state index in [0.717, 1.165) is 25.7 Å². The lowest BCUT2D eigenvalue weighted by atomic mass is 9.70. The van der Waals surface area contributed by atoms with E-state index in [-0.39, 0.29) is 17.9 Å². The second kappa shape index (κ2) is 6.39. The Hall–Kier alpha value is -0.570. The molecule has 1 amide bonds. The van der Waals surface area contributed by atoms with Crippen molar-refractivity contribution in [2.45, 2.75) is 52.4 Å². The fraction of sp³-hybridized carbons (Fsp3) is 0.929. The Balaban J connectivity index is 2.87. The molecule has 1 aliphatic rings. The smallest absolute Gasteiger partial charge is 0.228 e. The normalized spacial score (nSPS) is 29.8. The fourth-order valence-corrected chi connectivity index (χ4v) is 3.22. The molecule has 0 aromatic heterocycles. The molecule has 0 radical (unpaired) electrons. The summed E-state index contributed by atoms with van der Waals surface area (Å²) >= 11 is 0. The van der Waals surface area contributed by atoms with Crippen molar-refractivity contribution < 1.29 is 9.90 Å². The molecule has 2 atom stereocenters. The van der Waals surface area contributed by atoms with E-state index >= 15 is 0 Å². The zero-order valence-electron chi connectivity index (χ0n) is 11.5. The van der Waals surface area contributed by atoms with Crippen LogP contribution in [0.3, 0.4) is 0 Å². The van der Waals surface area contributed by atoms with Crippen molar-refractivity contribution in [3.63, 3.8) is 0 Å².